The van der Waals surface area contributed by atoms with Crippen molar-refractivity contribution >= 4 is 17.4 Å². The highest BCUT2D eigenvalue weighted by Crippen LogP contribution is 2.27. The molecule has 4 nitrogen and oxygen atoms in total. The second-order valence-electron chi connectivity index (χ2n) is 5.52. The van der Waals surface area contributed by atoms with Crippen molar-refractivity contribution in [2.24, 2.45) is 0 Å². The summed E-state index contributed by atoms with van der Waals surface area (Å²) in [6.45, 7) is 3.73. The van der Waals surface area contributed by atoms with Crippen molar-refractivity contribution in [3.8, 4) is 10.4 Å². The van der Waals surface area contributed by atoms with E-state index in [0.29, 0.717) is 5.69 Å². The topological polar surface area (TPSA) is 46.1 Å². The minimum absolute atomic E-state index is 0.0289. The van der Waals surface area contributed by atoms with Crippen LogP contribution in [0.5, 0.6) is 0 Å². The SMILES string of the molecule is Cc1ccc(-c2snnc2C(=O)N2CCCCCC2)cc1. The third-order valence-corrected chi connectivity index (χ3v) is 4.67. The summed E-state index contributed by atoms with van der Waals surface area (Å²) in [6.07, 6.45) is 4.60. The van der Waals surface area contributed by atoms with Crippen LogP contribution in [-0.2, 0) is 0 Å². The second kappa shape index (κ2) is 6.35. The smallest absolute Gasteiger partial charge is 0.275 e. The van der Waals surface area contributed by atoms with Crippen molar-refractivity contribution in [1.82, 2.24) is 14.5 Å². The van der Waals surface area contributed by atoms with E-state index in [1.165, 1.54) is 29.9 Å². The summed E-state index contributed by atoms with van der Waals surface area (Å²) < 4.78 is 4.00. The van der Waals surface area contributed by atoms with E-state index in [0.717, 1.165) is 36.4 Å². The lowest BCUT2D eigenvalue weighted by Crippen LogP contribution is -2.32. The average Bonchev–Trinajstić information content (AvgIpc) is 2.82. The van der Waals surface area contributed by atoms with E-state index in [1.807, 2.05) is 17.0 Å². The zero-order chi connectivity index (χ0) is 14.7. The summed E-state index contributed by atoms with van der Waals surface area (Å²) in [4.78, 5) is 15.5. The van der Waals surface area contributed by atoms with Crippen molar-refractivity contribution in [3.63, 3.8) is 0 Å². The van der Waals surface area contributed by atoms with E-state index in [-0.39, 0.29) is 5.91 Å². The fourth-order valence-electron chi connectivity index (χ4n) is 2.65. The summed E-state index contributed by atoms with van der Waals surface area (Å²) >= 11 is 1.30. The molecule has 1 aliphatic heterocycles. The summed E-state index contributed by atoms with van der Waals surface area (Å²) in [6, 6.07) is 8.16. The number of aryl methyl sites for hydroxylation is 1. The molecule has 1 fully saturated rings. The molecule has 0 radical (unpaired) electrons. The number of aromatic nitrogens is 2. The Morgan fingerprint density at radius 3 is 2.43 bits per heavy atom. The molecule has 0 N–H and O–H groups in total. The van der Waals surface area contributed by atoms with Crippen molar-refractivity contribution in [3.05, 3.63) is 35.5 Å². The summed E-state index contributed by atoms with van der Waals surface area (Å²) in [5.74, 6) is 0.0289. The number of nitrogens with zero attached hydrogens (tertiary/aromatic N) is 3. The van der Waals surface area contributed by atoms with Gasteiger partial charge in [-0.1, -0.05) is 47.2 Å². The zero-order valence-corrected chi connectivity index (χ0v) is 13.0. The first-order valence-electron chi connectivity index (χ1n) is 7.44. The Hall–Kier alpha value is -1.75. The van der Waals surface area contributed by atoms with Gasteiger partial charge in [0.15, 0.2) is 5.69 Å². The maximum Gasteiger partial charge on any atom is 0.275 e. The first-order valence-corrected chi connectivity index (χ1v) is 8.22. The Labute approximate surface area is 129 Å². The van der Waals surface area contributed by atoms with E-state index in [4.69, 9.17) is 0 Å². The number of carbonyl (C=O) groups is 1. The number of benzene rings is 1. The van der Waals surface area contributed by atoms with Crippen molar-refractivity contribution in [2.45, 2.75) is 32.6 Å². The van der Waals surface area contributed by atoms with E-state index in [9.17, 15) is 4.79 Å². The molecular formula is C16H19N3OS. The van der Waals surface area contributed by atoms with Gasteiger partial charge in [-0.05, 0) is 36.9 Å². The highest BCUT2D eigenvalue weighted by molar-refractivity contribution is 7.09. The molecular weight excluding hydrogens is 282 g/mol. The van der Waals surface area contributed by atoms with Crippen LogP contribution in [0.25, 0.3) is 10.4 Å². The van der Waals surface area contributed by atoms with Crippen molar-refractivity contribution in [1.29, 1.82) is 0 Å². The standard InChI is InChI=1S/C16H19N3OS/c1-12-6-8-13(9-7-12)15-14(17-18-21-15)16(20)19-10-4-2-3-5-11-19/h6-9H,2-5,10-11H2,1H3. The highest BCUT2D eigenvalue weighted by Gasteiger charge is 2.24. The molecule has 1 aromatic carbocycles. The molecule has 2 heterocycles. The van der Waals surface area contributed by atoms with Crippen LogP contribution in [-0.4, -0.2) is 33.5 Å². The van der Waals surface area contributed by atoms with Gasteiger partial charge in [-0.15, -0.1) is 5.10 Å². The molecule has 0 bridgehead atoms. The second-order valence-corrected chi connectivity index (χ2v) is 6.28. The Bertz CT molecular complexity index is 613. The van der Waals surface area contributed by atoms with Gasteiger partial charge in [0.1, 0.15) is 0 Å². The first-order chi connectivity index (χ1) is 10.3. The number of hydrogen-bond acceptors (Lipinski definition) is 4. The Balaban J connectivity index is 1.87. The lowest BCUT2D eigenvalue weighted by atomic mass is 10.1. The average molecular weight is 301 g/mol. The molecule has 0 aliphatic carbocycles. The van der Waals surface area contributed by atoms with Crippen LogP contribution in [0.15, 0.2) is 24.3 Å². The van der Waals surface area contributed by atoms with Crippen LogP contribution in [0, 0.1) is 6.92 Å². The summed E-state index contributed by atoms with van der Waals surface area (Å²) in [5, 5.41) is 4.10. The van der Waals surface area contributed by atoms with Crippen LogP contribution >= 0.6 is 11.5 Å². The molecule has 1 amide bonds. The highest BCUT2D eigenvalue weighted by atomic mass is 32.1. The van der Waals surface area contributed by atoms with Crippen LogP contribution in [0.4, 0.5) is 0 Å². The van der Waals surface area contributed by atoms with Crippen LogP contribution in [0.1, 0.15) is 41.7 Å². The molecule has 0 atom stereocenters. The molecule has 2 aromatic rings. The lowest BCUT2D eigenvalue weighted by molar-refractivity contribution is 0.0756. The predicted molar refractivity (Wildman–Crippen MR) is 84.5 cm³/mol. The first kappa shape index (κ1) is 14.2. The van der Waals surface area contributed by atoms with E-state index < -0.39 is 0 Å². The van der Waals surface area contributed by atoms with Crippen LogP contribution in [0.3, 0.4) is 0 Å². The Morgan fingerprint density at radius 2 is 1.76 bits per heavy atom. The maximum absolute atomic E-state index is 12.7. The molecule has 21 heavy (non-hydrogen) atoms. The number of likely N-dealkylation sites (tertiary alicyclic amines) is 1. The predicted octanol–water partition coefficient (Wildman–Crippen LogP) is 3.53. The van der Waals surface area contributed by atoms with Gasteiger partial charge in [-0.25, -0.2) is 0 Å². The van der Waals surface area contributed by atoms with Gasteiger partial charge >= 0.3 is 0 Å². The number of hydrogen-bond donors (Lipinski definition) is 0. The minimum Gasteiger partial charge on any atom is -0.337 e. The third kappa shape index (κ3) is 3.13. The van der Waals surface area contributed by atoms with E-state index in [2.05, 4.69) is 28.6 Å². The zero-order valence-electron chi connectivity index (χ0n) is 12.2. The van der Waals surface area contributed by atoms with Gasteiger partial charge in [0.25, 0.3) is 5.91 Å². The van der Waals surface area contributed by atoms with Gasteiger partial charge in [-0.2, -0.15) is 0 Å². The fraction of sp³-hybridized carbons (Fsp3) is 0.438. The van der Waals surface area contributed by atoms with Gasteiger partial charge < -0.3 is 4.90 Å². The Morgan fingerprint density at radius 1 is 1.10 bits per heavy atom. The van der Waals surface area contributed by atoms with E-state index in [1.54, 1.807) is 0 Å². The van der Waals surface area contributed by atoms with Gasteiger partial charge in [-0.3, -0.25) is 4.79 Å². The summed E-state index contributed by atoms with van der Waals surface area (Å²) in [7, 11) is 0. The molecule has 3 rings (SSSR count). The molecule has 0 saturated carbocycles. The van der Waals surface area contributed by atoms with Crippen molar-refractivity contribution in [2.75, 3.05) is 13.1 Å². The number of amides is 1. The minimum atomic E-state index is 0.0289. The molecule has 1 aliphatic rings. The Kier molecular flexibility index (Phi) is 4.29. The molecule has 1 saturated heterocycles. The van der Waals surface area contributed by atoms with Gasteiger partial charge in [0.2, 0.25) is 0 Å². The van der Waals surface area contributed by atoms with Crippen molar-refractivity contribution < 1.29 is 4.79 Å². The van der Waals surface area contributed by atoms with Gasteiger partial charge in [0.05, 0.1) is 4.88 Å². The molecule has 1 aromatic heterocycles. The quantitative estimate of drug-likeness (QED) is 0.852. The molecule has 0 spiro atoms. The van der Waals surface area contributed by atoms with Crippen LogP contribution < -0.4 is 0 Å². The fourth-order valence-corrected chi connectivity index (χ4v) is 3.31. The normalized spacial score (nSPS) is 15.8. The van der Waals surface area contributed by atoms with Crippen LogP contribution in [0.2, 0.25) is 0 Å². The number of carbonyl (C=O) groups excluding carboxylic acids is 1. The summed E-state index contributed by atoms with van der Waals surface area (Å²) in [5.41, 5.74) is 2.73. The largest absolute Gasteiger partial charge is 0.337 e. The maximum atomic E-state index is 12.7. The van der Waals surface area contributed by atoms with E-state index >= 15 is 0 Å². The number of rotatable bonds is 2. The molecule has 0 unspecified atom stereocenters. The molecule has 5 heteroatoms. The molecule has 110 valence electrons. The third-order valence-electron chi connectivity index (χ3n) is 3.90. The monoisotopic (exact) mass is 301 g/mol. The lowest BCUT2D eigenvalue weighted by Gasteiger charge is -2.19. The van der Waals surface area contributed by atoms with Gasteiger partial charge in [0, 0.05) is 13.1 Å².